The summed E-state index contributed by atoms with van der Waals surface area (Å²) in [5.74, 6) is -1.70. The zero-order valence-electron chi connectivity index (χ0n) is 11.5. The molecule has 0 radical (unpaired) electrons. The van der Waals surface area contributed by atoms with Crippen molar-refractivity contribution in [3.63, 3.8) is 0 Å². The highest BCUT2D eigenvalue weighted by molar-refractivity contribution is 7.80. The zero-order chi connectivity index (χ0) is 16.3. The Kier molecular flexibility index (Phi) is 5.31. The molecule has 1 fully saturated rings. The van der Waals surface area contributed by atoms with E-state index >= 15 is 0 Å². The summed E-state index contributed by atoms with van der Waals surface area (Å²) in [6.45, 7) is 0. The number of hydrogen-bond donors (Lipinski definition) is 3. The molecule has 0 spiro atoms. The predicted octanol–water partition coefficient (Wildman–Crippen LogP) is 1.46. The van der Waals surface area contributed by atoms with Crippen molar-refractivity contribution in [2.75, 3.05) is 5.75 Å². The zero-order valence-corrected chi connectivity index (χ0v) is 13.2. The molecule has 0 aromatic heterocycles. The van der Waals surface area contributed by atoms with Crippen LogP contribution < -0.4 is 5.32 Å². The number of thiol groups is 1. The van der Waals surface area contributed by atoms with E-state index in [4.69, 9.17) is 11.6 Å². The highest BCUT2D eigenvalue weighted by Crippen LogP contribution is 2.28. The molecule has 1 saturated heterocycles. The Morgan fingerprint density at radius 3 is 2.55 bits per heavy atom. The molecule has 8 heteroatoms. The molecule has 0 bridgehead atoms. The fraction of sp³-hybridized carbons (Fsp3) is 0.357. The van der Waals surface area contributed by atoms with Gasteiger partial charge in [0.05, 0.1) is 6.42 Å². The van der Waals surface area contributed by atoms with Gasteiger partial charge in [0.25, 0.3) is 0 Å². The number of halogens is 1. The van der Waals surface area contributed by atoms with E-state index in [1.165, 1.54) is 4.90 Å². The summed E-state index contributed by atoms with van der Waals surface area (Å²) in [5.41, 5.74) is 0.594. The van der Waals surface area contributed by atoms with Crippen molar-refractivity contribution in [1.29, 1.82) is 0 Å². The molecule has 1 aliphatic heterocycles. The average Bonchev–Trinajstić information content (AvgIpc) is 2.47. The second-order valence-electron chi connectivity index (χ2n) is 4.85. The lowest BCUT2D eigenvalue weighted by Gasteiger charge is -2.40. The Balaban J connectivity index is 2.41. The third-order valence-electron chi connectivity index (χ3n) is 3.37. The number of hydrogen-bond acceptors (Lipinski definition) is 4. The summed E-state index contributed by atoms with van der Waals surface area (Å²) in [4.78, 5) is 36.7. The SMILES string of the molecule is O=C1C[C@@H](C(=O)O)N(C(=O)CCS)[C@@H](c2ccc(Cl)cc2)N1. The number of nitrogens with zero attached hydrogens (tertiary/aromatic N) is 1. The fourth-order valence-electron chi connectivity index (χ4n) is 2.37. The molecule has 0 aliphatic carbocycles. The molecule has 118 valence electrons. The normalized spacial score (nSPS) is 21.4. The molecule has 1 heterocycles. The predicted molar refractivity (Wildman–Crippen MR) is 83.7 cm³/mol. The molecule has 2 N–H and O–H groups in total. The topological polar surface area (TPSA) is 86.7 Å². The van der Waals surface area contributed by atoms with E-state index < -0.39 is 24.1 Å². The van der Waals surface area contributed by atoms with E-state index in [9.17, 15) is 19.5 Å². The van der Waals surface area contributed by atoms with Gasteiger partial charge in [0.2, 0.25) is 11.8 Å². The van der Waals surface area contributed by atoms with Crippen LogP contribution in [0.15, 0.2) is 24.3 Å². The number of carbonyl (C=O) groups is 3. The van der Waals surface area contributed by atoms with Gasteiger partial charge in [-0.05, 0) is 23.4 Å². The number of carboxylic acid groups (broad SMARTS) is 1. The van der Waals surface area contributed by atoms with Crippen molar-refractivity contribution in [2.45, 2.75) is 25.0 Å². The summed E-state index contributed by atoms with van der Waals surface area (Å²) in [6, 6.07) is 5.35. The molecule has 0 unspecified atom stereocenters. The summed E-state index contributed by atoms with van der Waals surface area (Å²) < 4.78 is 0. The van der Waals surface area contributed by atoms with Gasteiger partial charge >= 0.3 is 5.97 Å². The van der Waals surface area contributed by atoms with Crippen LogP contribution in [0.3, 0.4) is 0 Å². The number of aliphatic carboxylic acids is 1. The molecule has 2 rings (SSSR count). The Labute approximate surface area is 137 Å². The van der Waals surface area contributed by atoms with Gasteiger partial charge in [-0.15, -0.1) is 0 Å². The van der Waals surface area contributed by atoms with Crippen LogP contribution in [0.5, 0.6) is 0 Å². The minimum absolute atomic E-state index is 0.0901. The minimum atomic E-state index is -1.21. The molecule has 6 nitrogen and oxygen atoms in total. The summed E-state index contributed by atoms with van der Waals surface area (Å²) in [6.07, 6.45) is -1.00. The van der Waals surface area contributed by atoms with Gasteiger partial charge in [0.1, 0.15) is 12.2 Å². The highest BCUT2D eigenvalue weighted by Gasteiger charge is 2.41. The van der Waals surface area contributed by atoms with Gasteiger partial charge in [-0.2, -0.15) is 12.6 Å². The van der Waals surface area contributed by atoms with Crippen LogP contribution in [0.4, 0.5) is 0 Å². The van der Waals surface area contributed by atoms with Crippen molar-refractivity contribution in [3.8, 4) is 0 Å². The van der Waals surface area contributed by atoms with Gasteiger partial charge in [-0.25, -0.2) is 4.79 Å². The Hall–Kier alpha value is -1.73. The Morgan fingerprint density at radius 1 is 1.36 bits per heavy atom. The number of amides is 2. The van der Waals surface area contributed by atoms with Crippen molar-refractivity contribution in [2.24, 2.45) is 0 Å². The summed E-state index contributed by atoms with van der Waals surface area (Å²) in [7, 11) is 0. The minimum Gasteiger partial charge on any atom is -0.480 e. The first-order chi connectivity index (χ1) is 10.4. The standard InChI is InChI=1S/C14H15ClN2O4S/c15-9-3-1-8(2-4-9)13-16-11(18)7-10(14(20)21)17(13)12(19)5-6-22/h1-4,10,13,22H,5-7H2,(H,16,18)(H,20,21)/t10-,13-/m0/s1. The number of nitrogens with one attached hydrogen (secondary N) is 1. The number of benzene rings is 1. The maximum absolute atomic E-state index is 12.3. The van der Waals surface area contributed by atoms with Gasteiger partial charge in [0.15, 0.2) is 0 Å². The fourth-order valence-corrected chi connectivity index (χ4v) is 2.69. The molecule has 2 atom stereocenters. The Bertz CT molecular complexity index is 593. The molecule has 1 aromatic rings. The Morgan fingerprint density at radius 2 is 2.00 bits per heavy atom. The summed E-state index contributed by atoms with van der Waals surface area (Å²) in [5, 5.41) is 12.5. The third-order valence-corrected chi connectivity index (χ3v) is 3.85. The highest BCUT2D eigenvalue weighted by atomic mass is 35.5. The van der Waals surface area contributed by atoms with Crippen LogP contribution in [0, 0.1) is 0 Å². The van der Waals surface area contributed by atoms with E-state index in [1.807, 2.05) is 0 Å². The first-order valence-corrected chi connectivity index (χ1v) is 7.64. The molecular weight excluding hydrogens is 328 g/mol. The summed E-state index contributed by atoms with van der Waals surface area (Å²) >= 11 is 9.84. The van der Waals surface area contributed by atoms with E-state index in [2.05, 4.69) is 17.9 Å². The van der Waals surface area contributed by atoms with E-state index in [1.54, 1.807) is 24.3 Å². The second kappa shape index (κ2) is 7.02. The van der Waals surface area contributed by atoms with E-state index in [0.29, 0.717) is 16.3 Å². The average molecular weight is 343 g/mol. The lowest BCUT2D eigenvalue weighted by atomic mass is 10.0. The van der Waals surface area contributed by atoms with Crippen LogP contribution in [0.25, 0.3) is 0 Å². The van der Waals surface area contributed by atoms with Crippen molar-refractivity contribution in [3.05, 3.63) is 34.9 Å². The molecule has 22 heavy (non-hydrogen) atoms. The van der Waals surface area contributed by atoms with Crippen molar-refractivity contribution >= 4 is 42.0 Å². The third kappa shape index (κ3) is 3.53. The maximum atomic E-state index is 12.3. The van der Waals surface area contributed by atoms with Gasteiger partial charge in [-0.3, -0.25) is 9.59 Å². The molecule has 0 saturated carbocycles. The van der Waals surface area contributed by atoms with Gasteiger partial charge < -0.3 is 15.3 Å². The first kappa shape index (κ1) is 16.6. The largest absolute Gasteiger partial charge is 0.480 e. The van der Waals surface area contributed by atoms with E-state index in [-0.39, 0.29) is 18.7 Å². The smallest absolute Gasteiger partial charge is 0.327 e. The van der Waals surface area contributed by atoms with Crippen molar-refractivity contribution in [1.82, 2.24) is 10.2 Å². The van der Waals surface area contributed by atoms with Crippen LogP contribution >= 0.6 is 24.2 Å². The quantitative estimate of drug-likeness (QED) is 0.723. The number of carboxylic acids is 1. The molecular formula is C14H15ClN2O4S. The van der Waals surface area contributed by atoms with Crippen molar-refractivity contribution < 1.29 is 19.5 Å². The number of rotatable bonds is 4. The second-order valence-corrected chi connectivity index (χ2v) is 5.74. The first-order valence-electron chi connectivity index (χ1n) is 6.63. The molecule has 1 aliphatic rings. The molecule has 1 aromatic carbocycles. The number of carbonyl (C=O) groups excluding carboxylic acids is 2. The maximum Gasteiger partial charge on any atom is 0.327 e. The van der Waals surface area contributed by atoms with Gasteiger partial charge in [-0.1, -0.05) is 23.7 Å². The monoisotopic (exact) mass is 342 g/mol. The van der Waals surface area contributed by atoms with E-state index in [0.717, 1.165) is 0 Å². The van der Waals surface area contributed by atoms with Crippen LogP contribution in [0.2, 0.25) is 5.02 Å². The van der Waals surface area contributed by atoms with Crippen LogP contribution in [0.1, 0.15) is 24.6 Å². The van der Waals surface area contributed by atoms with Crippen LogP contribution in [-0.4, -0.2) is 39.6 Å². The lowest BCUT2D eigenvalue weighted by Crippen LogP contribution is -2.58. The van der Waals surface area contributed by atoms with Crippen LogP contribution in [-0.2, 0) is 14.4 Å². The molecule has 2 amide bonds. The van der Waals surface area contributed by atoms with Gasteiger partial charge in [0, 0.05) is 11.4 Å². The lowest BCUT2D eigenvalue weighted by molar-refractivity contribution is -0.159.